The van der Waals surface area contributed by atoms with Crippen molar-refractivity contribution in [3.63, 3.8) is 0 Å². The van der Waals surface area contributed by atoms with Crippen LogP contribution in [0, 0.1) is 17.0 Å². The fraction of sp³-hybridized carbons (Fsp3) is 0.533. The van der Waals surface area contributed by atoms with Crippen LogP contribution in [0.25, 0.3) is 0 Å². The highest BCUT2D eigenvalue weighted by Gasteiger charge is 2.25. The second-order valence-electron chi connectivity index (χ2n) is 5.34. The van der Waals surface area contributed by atoms with E-state index < -0.39 is 4.92 Å². The van der Waals surface area contributed by atoms with Crippen LogP contribution < -0.4 is 0 Å². The van der Waals surface area contributed by atoms with Crippen molar-refractivity contribution >= 4 is 11.6 Å². The summed E-state index contributed by atoms with van der Waals surface area (Å²) in [4.78, 5) is 27.2. The van der Waals surface area contributed by atoms with Gasteiger partial charge in [0.05, 0.1) is 4.92 Å². The van der Waals surface area contributed by atoms with E-state index in [-0.39, 0.29) is 11.6 Å². The van der Waals surface area contributed by atoms with E-state index in [1.165, 1.54) is 6.07 Å². The van der Waals surface area contributed by atoms with E-state index in [4.69, 9.17) is 0 Å². The minimum absolute atomic E-state index is 0.00506. The van der Waals surface area contributed by atoms with Gasteiger partial charge in [0, 0.05) is 43.4 Å². The molecule has 0 saturated carbocycles. The Morgan fingerprint density at radius 3 is 2.52 bits per heavy atom. The maximum Gasteiger partial charge on any atom is 0.273 e. The molecule has 1 aromatic carbocycles. The molecule has 6 nitrogen and oxygen atoms in total. The molecule has 0 bridgehead atoms. The van der Waals surface area contributed by atoms with Gasteiger partial charge in [0.2, 0.25) is 0 Å². The molecule has 0 atom stereocenters. The molecular weight excluding hydrogens is 270 g/mol. The second-order valence-corrected chi connectivity index (χ2v) is 5.34. The summed E-state index contributed by atoms with van der Waals surface area (Å²) in [6.07, 6.45) is 1.11. The Kier molecular flexibility index (Phi) is 4.90. The lowest BCUT2D eigenvalue weighted by molar-refractivity contribution is -0.385. The molecule has 1 fully saturated rings. The Morgan fingerprint density at radius 2 is 1.95 bits per heavy atom. The molecule has 1 saturated heterocycles. The maximum atomic E-state index is 12.5. The smallest absolute Gasteiger partial charge is 0.273 e. The monoisotopic (exact) mass is 291 g/mol. The van der Waals surface area contributed by atoms with E-state index in [2.05, 4.69) is 11.8 Å². The second kappa shape index (κ2) is 6.67. The topological polar surface area (TPSA) is 66.7 Å². The summed E-state index contributed by atoms with van der Waals surface area (Å²) in [5.41, 5.74) is 0.891. The normalized spacial score (nSPS) is 16.0. The third-order valence-electron chi connectivity index (χ3n) is 3.93. The molecule has 2 rings (SSSR count). The molecule has 1 aliphatic rings. The Morgan fingerprint density at radius 1 is 1.29 bits per heavy atom. The van der Waals surface area contributed by atoms with Gasteiger partial charge in [-0.1, -0.05) is 13.0 Å². The molecule has 1 heterocycles. The van der Waals surface area contributed by atoms with Gasteiger partial charge in [-0.2, -0.15) is 0 Å². The molecule has 0 radical (unpaired) electrons. The summed E-state index contributed by atoms with van der Waals surface area (Å²) in [5, 5.41) is 11.0. The summed E-state index contributed by atoms with van der Waals surface area (Å²) in [6, 6.07) is 4.68. The number of nitro benzene ring substituents is 1. The lowest BCUT2D eigenvalue weighted by Gasteiger charge is -2.34. The van der Waals surface area contributed by atoms with E-state index in [0.29, 0.717) is 24.2 Å². The first-order chi connectivity index (χ1) is 10.0. The molecule has 6 heteroatoms. The average molecular weight is 291 g/mol. The first kappa shape index (κ1) is 15.4. The number of nitro groups is 1. The van der Waals surface area contributed by atoms with E-state index in [1.807, 2.05) is 0 Å². The van der Waals surface area contributed by atoms with Crippen LogP contribution >= 0.6 is 0 Å². The van der Waals surface area contributed by atoms with Crippen LogP contribution in [0.3, 0.4) is 0 Å². The SMILES string of the molecule is CCCN1CCN(C(=O)c2cccc([N+](=O)[O-])c2C)CC1. The van der Waals surface area contributed by atoms with Gasteiger partial charge >= 0.3 is 0 Å². The fourth-order valence-electron chi connectivity index (χ4n) is 2.71. The van der Waals surface area contributed by atoms with E-state index in [9.17, 15) is 14.9 Å². The molecule has 1 aliphatic heterocycles. The van der Waals surface area contributed by atoms with Gasteiger partial charge in [-0.3, -0.25) is 19.8 Å². The Balaban J connectivity index is 2.11. The largest absolute Gasteiger partial charge is 0.336 e. The van der Waals surface area contributed by atoms with Crippen molar-refractivity contribution in [2.24, 2.45) is 0 Å². The van der Waals surface area contributed by atoms with Crippen molar-refractivity contribution in [3.05, 3.63) is 39.4 Å². The third kappa shape index (κ3) is 3.39. The summed E-state index contributed by atoms with van der Waals surface area (Å²) in [6.45, 7) is 7.93. The van der Waals surface area contributed by atoms with Crippen LogP contribution in [-0.4, -0.2) is 53.4 Å². The number of hydrogen-bond donors (Lipinski definition) is 0. The number of nitrogens with zero attached hydrogens (tertiary/aromatic N) is 3. The van der Waals surface area contributed by atoms with Crippen LogP contribution in [0.1, 0.15) is 29.3 Å². The van der Waals surface area contributed by atoms with E-state index in [1.54, 1.807) is 24.0 Å². The van der Waals surface area contributed by atoms with Crippen molar-refractivity contribution in [1.82, 2.24) is 9.80 Å². The summed E-state index contributed by atoms with van der Waals surface area (Å²) >= 11 is 0. The number of carbonyl (C=O) groups is 1. The van der Waals surface area contributed by atoms with E-state index in [0.717, 1.165) is 26.1 Å². The molecule has 1 amide bonds. The number of piperazine rings is 1. The molecular formula is C15H21N3O3. The molecule has 0 aliphatic carbocycles. The summed E-state index contributed by atoms with van der Waals surface area (Å²) in [7, 11) is 0. The van der Waals surface area contributed by atoms with Gasteiger partial charge in [-0.05, 0) is 26.0 Å². The van der Waals surface area contributed by atoms with Gasteiger partial charge in [0.1, 0.15) is 0 Å². The zero-order valence-corrected chi connectivity index (χ0v) is 12.5. The van der Waals surface area contributed by atoms with Crippen molar-refractivity contribution in [3.8, 4) is 0 Å². The zero-order chi connectivity index (χ0) is 15.4. The van der Waals surface area contributed by atoms with Crippen LogP contribution in [0.15, 0.2) is 18.2 Å². The summed E-state index contributed by atoms with van der Waals surface area (Å²) < 4.78 is 0. The zero-order valence-electron chi connectivity index (χ0n) is 12.5. The van der Waals surface area contributed by atoms with Crippen LogP contribution in [0.5, 0.6) is 0 Å². The van der Waals surface area contributed by atoms with Gasteiger partial charge in [-0.25, -0.2) is 0 Å². The fourth-order valence-corrected chi connectivity index (χ4v) is 2.71. The quantitative estimate of drug-likeness (QED) is 0.629. The maximum absolute atomic E-state index is 12.5. The highest BCUT2D eigenvalue weighted by Crippen LogP contribution is 2.22. The average Bonchev–Trinajstić information content (AvgIpc) is 2.47. The lowest BCUT2D eigenvalue weighted by atomic mass is 10.1. The standard InChI is InChI=1S/C15H21N3O3/c1-3-7-16-8-10-17(11-9-16)15(19)13-5-4-6-14(12(13)2)18(20)21/h4-6H,3,7-11H2,1-2H3. The first-order valence-corrected chi connectivity index (χ1v) is 7.30. The number of carbonyl (C=O) groups excluding carboxylic acids is 1. The summed E-state index contributed by atoms with van der Waals surface area (Å²) in [5.74, 6) is -0.104. The van der Waals surface area contributed by atoms with Crippen molar-refractivity contribution < 1.29 is 9.72 Å². The predicted molar refractivity (Wildman–Crippen MR) is 80.5 cm³/mol. The minimum Gasteiger partial charge on any atom is -0.336 e. The molecule has 21 heavy (non-hydrogen) atoms. The van der Waals surface area contributed by atoms with Crippen LogP contribution in [0.2, 0.25) is 0 Å². The first-order valence-electron chi connectivity index (χ1n) is 7.30. The van der Waals surface area contributed by atoms with Crippen molar-refractivity contribution in [2.45, 2.75) is 20.3 Å². The van der Waals surface area contributed by atoms with Gasteiger partial charge in [0.25, 0.3) is 11.6 Å². The lowest BCUT2D eigenvalue weighted by Crippen LogP contribution is -2.48. The number of rotatable bonds is 4. The molecule has 0 spiro atoms. The van der Waals surface area contributed by atoms with Gasteiger partial charge in [-0.15, -0.1) is 0 Å². The predicted octanol–water partition coefficient (Wildman–Crippen LogP) is 2.07. The number of benzene rings is 1. The van der Waals surface area contributed by atoms with Crippen LogP contribution in [-0.2, 0) is 0 Å². The van der Waals surface area contributed by atoms with Gasteiger partial charge < -0.3 is 4.90 Å². The van der Waals surface area contributed by atoms with E-state index >= 15 is 0 Å². The molecule has 0 aromatic heterocycles. The third-order valence-corrected chi connectivity index (χ3v) is 3.93. The van der Waals surface area contributed by atoms with Crippen molar-refractivity contribution in [1.29, 1.82) is 0 Å². The highest BCUT2D eigenvalue weighted by atomic mass is 16.6. The van der Waals surface area contributed by atoms with Crippen LogP contribution in [0.4, 0.5) is 5.69 Å². The minimum atomic E-state index is -0.439. The molecule has 0 N–H and O–H groups in total. The van der Waals surface area contributed by atoms with Crippen molar-refractivity contribution in [2.75, 3.05) is 32.7 Å². The molecule has 114 valence electrons. The Labute approximate surface area is 124 Å². The Bertz CT molecular complexity index is 537. The molecule has 0 unspecified atom stereocenters. The molecule has 1 aromatic rings. The van der Waals surface area contributed by atoms with Gasteiger partial charge in [0.15, 0.2) is 0 Å². The Hall–Kier alpha value is -1.95. The number of amides is 1. The highest BCUT2D eigenvalue weighted by molar-refractivity contribution is 5.96. The number of hydrogen-bond acceptors (Lipinski definition) is 4.